The van der Waals surface area contributed by atoms with Gasteiger partial charge in [0.2, 0.25) is 0 Å². The predicted molar refractivity (Wildman–Crippen MR) is 79.0 cm³/mol. The van der Waals surface area contributed by atoms with Crippen LogP contribution in [0.15, 0.2) is 41.1 Å². The van der Waals surface area contributed by atoms with E-state index >= 15 is 0 Å². The fourth-order valence-electron chi connectivity index (χ4n) is 1.62. The first-order chi connectivity index (χ1) is 9.56. The number of rotatable bonds is 3. The number of pyridine rings is 2. The van der Waals surface area contributed by atoms with Crippen LogP contribution in [0.25, 0.3) is 0 Å². The highest BCUT2D eigenvalue weighted by Gasteiger charge is 2.13. The second-order valence-corrected chi connectivity index (χ2v) is 5.01. The topological polar surface area (TPSA) is 73.7 Å². The van der Waals surface area contributed by atoms with Crippen LogP contribution in [0.4, 0.5) is 10.2 Å². The zero-order valence-electron chi connectivity index (χ0n) is 10.7. The summed E-state index contributed by atoms with van der Waals surface area (Å²) >= 11 is 3.28. The van der Waals surface area contributed by atoms with Crippen molar-refractivity contribution in [3.05, 3.63) is 52.6 Å². The molecule has 2 aromatic heterocycles. The summed E-state index contributed by atoms with van der Waals surface area (Å²) in [5.74, 6) is 0.152. The largest absolute Gasteiger partial charge is 0.348 e. The van der Waals surface area contributed by atoms with Crippen LogP contribution in [0.2, 0.25) is 0 Å². The summed E-state index contributed by atoms with van der Waals surface area (Å²) in [5, 5.41) is 13.4. The average Bonchev–Trinajstić information content (AvgIpc) is 2.41. The fraction of sp³-hybridized carbons (Fsp3) is 0.154. The molecule has 2 aromatic rings. The highest BCUT2D eigenvalue weighted by molar-refractivity contribution is 9.10. The maximum Gasteiger partial charge on any atom is 0.194 e. The van der Waals surface area contributed by atoms with Gasteiger partial charge in [0.05, 0.1) is 11.7 Å². The van der Waals surface area contributed by atoms with Crippen molar-refractivity contribution in [1.82, 2.24) is 15.3 Å². The van der Waals surface area contributed by atoms with Gasteiger partial charge >= 0.3 is 0 Å². The van der Waals surface area contributed by atoms with Crippen molar-refractivity contribution in [2.75, 3.05) is 5.32 Å². The van der Waals surface area contributed by atoms with Gasteiger partial charge in [-0.1, -0.05) is 0 Å². The van der Waals surface area contributed by atoms with E-state index in [1.54, 1.807) is 19.2 Å². The Bertz CT molecular complexity index is 602. The molecule has 2 rings (SSSR count). The summed E-state index contributed by atoms with van der Waals surface area (Å²) < 4.78 is 14.4. The van der Waals surface area contributed by atoms with Crippen LogP contribution in [0.3, 0.4) is 0 Å². The van der Waals surface area contributed by atoms with E-state index in [0.29, 0.717) is 5.82 Å². The SMILES string of the molecule is CC(NC(=N)Nc1ccc(Br)cn1)c1ncccc1F. The van der Waals surface area contributed by atoms with Crippen LogP contribution in [0.5, 0.6) is 0 Å². The zero-order chi connectivity index (χ0) is 14.5. The van der Waals surface area contributed by atoms with Crippen molar-refractivity contribution < 1.29 is 4.39 Å². The van der Waals surface area contributed by atoms with Crippen LogP contribution in [-0.2, 0) is 0 Å². The molecule has 1 atom stereocenters. The fourth-order valence-corrected chi connectivity index (χ4v) is 1.85. The van der Waals surface area contributed by atoms with Gasteiger partial charge in [-0.15, -0.1) is 0 Å². The molecule has 1 unspecified atom stereocenters. The van der Waals surface area contributed by atoms with Gasteiger partial charge in [-0.05, 0) is 47.1 Å². The standard InChI is InChI=1S/C13H13BrFN5/c1-8(12-10(15)3-2-6-17-12)19-13(16)20-11-5-4-9(14)7-18-11/h2-8H,1H3,(H3,16,18,19,20). The number of aromatic nitrogens is 2. The first-order valence-electron chi connectivity index (χ1n) is 5.90. The molecule has 0 amide bonds. The van der Waals surface area contributed by atoms with E-state index < -0.39 is 11.9 Å². The Kier molecular flexibility index (Phi) is 4.62. The molecule has 0 aliphatic rings. The number of nitrogens with one attached hydrogen (secondary N) is 3. The van der Waals surface area contributed by atoms with Gasteiger partial charge in [0.25, 0.3) is 0 Å². The molecule has 0 saturated heterocycles. The molecule has 0 spiro atoms. The van der Waals surface area contributed by atoms with Gasteiger partial charge in [0.1, 0.15) is 11.6 Å². The number of guanidine groups is 1. The molecule has 0 saturated carbocycles. The Hall–Kier alpha value is -2.02. The third kappa shape index (κ3) is 3.74. The Morgan fingerprint density at radius 1 is 1.35 bits per heavy atom. The summed E-state index contributed by atoms with van der Waals surface area (Å²) in [6.45, 7) is 1.73. The lowest BCUT2D eigenvalue weighted by Crippen LogP contribution is -2.33. The minimum absolute atomic E-state index is 0.0253. The summed E-state index contributed by atoms with van der Waals surface area (Å²) in [7, 11) is 0. The minimum atomic E-state index is -0.424. The molecule has 0 aromatic carbocycles. The lowest BCUT2D eigenvalue weighted by Gasteiger charge is -2.16. The van der Waals surface area contributed by atoms with Gasteiger partial charge in [0, 0.05) is 16.9 Å². The molecule has 7 heteroatoms. The van der Waals surface area contributed by atoms with Gasteiger partial charge in [-0.3, -0.25) is 10.4 Å². The molecule has 0 fully saturated rings. The second-order valence-electron chi connectivity index (χ2n) is 4.10. The Morgan fingerprint density at radius 2 is 2.15 bits per heavy atom. The van der Waals surface area contributed by atoms with Crippen LogP contribution >= 0.6 is 15.9 Å². The molecular weight excluding hydrogens is 325 g/mol. The van der Waals surface area contributed by atoms with Crippen molar-refractivity contribution in [2.24, 2.45) is 0 Å². The van der Waals surface area contributed by atoms with E-state index in [1.807, 2.05) is 6.07 Å². The van der Waals surface area contributed by atoms with Crippen molar-refractivity contribution in [2.45, 2.75) is 13.0 Å². The molecule has 3 N–H and O–H groups in total. The van der Waals surface area contributed by atoms with E-state index in [2.05, 4.69) is 36.5 Å². The molecule has 2 heterocycles. The number of anilines is 1. The Labute approximate surface area is 124 Å². The highest BCUT2D eigenvalue weighted by Crippen LogP contribution is 2.13. The molecule has 5 nitrogen and oxygen atoms in total. The molecule has 0 aliphatic heterocycles. The minimum Gasteiger partial charge on any atom is -0.348 e. The molecule has 0 aliphatic carbocycles. The van der Waals surface area contributed by atoms with E-state index in [0.717, 1.165) is 4.47 Å². The van der Waals surface area contributed by atoms with Gasteiger partial charge in [-0.25, -0.2) is 9.37 Å². The van der Waals surface area contributed by atoms with Gasteiger partial charge < -0.3 is 10.6 Å². The zero-order valence-corrected chi connectivity index (χ0v) is 12.3. The van der Waals surface area contributed by atoms with Crippen molar-refractivity contribution in [3.8, 4) is 0 Å². The number of hydrogen-bond donors (Lipinski definition) is 3. The van der Waals surface area contributed by atoms with Gasteiger partial charge in [-0.2, -0.15) is 0 Å². The quantitative estimate of drug-likeness (QED) is 0.594. The molecular formula is C13H13BrFN5. The highest BCUT2D eigenvalue weighted by atomic mass is 79.9. The smallest absolute Gasteiger partial charge is 0.194 e. The summed E-state index contributed by atoms with van der Waals surface area (Å²) in [5.41, 5.74) is 0.266. The summed E-state index contributed by atoms with van der Waals surface area (Å²) in [6.07, 6.45) is 3.14. The average molecular weight is 338 g/mol. The maximum absolute atomic E-state index is 13.6. The third-order valence-corrected chi connectivity index (χ3v) is 3.01. The van der Waals surface area contributed by atoms with E-state index in [4.69, 9.17) is 5.41 Å². The van der Waals surface area contributed by atoms with Crippen molar-refractivity contribution >= 4 is 27.7 Å². The summed E-state index contributed by atoms with van der Waals surface area (Å²) in [4.78, 5) is 8.05. The number of nitrogens with zero attached hydrogens (tertiary/aromatic N) is 2. The Balaban J connectivity index is 1.98. The number of hydrogen-bond acceptors (Lipinski definition) is 3. The lowest BCUT2D eigenvalue weighted by atomic mass is 10.2. The third-order valence-electron chi connectivity index (χ3n) is 2.54. The van der Waals surface area contributed by atoms with Crippen LogP contribution in [0, 0.1) is 11.2 Å². The van der Waals surface area contributed by atoms with E-state index in [9.17, 15) is 4.39 Å². The number of halogens is 2. The molecule has 104 valence electrons. The molecule has 20 heavy (non-hydrogen) atoms. The maximum atomic E-state index is 13.6. The molecule has 0 radical (unpaired) electrons. The van der Waals surface area contributed by atoms with E-state index in [-0.39, 0.29) is 11.7 Å². The van der Waals surface area contributed by atoms with Crippen molar-refractivity contribution in [1.29, 1.82) is 5.41 Å². The molecule has 0 bridgehead atoms. The Morgan fingerprint density at radius 3 is 2.80 bits per heavy atom. The van der Waals surface area contributed by atoms with Crippen LogP contribution < -0.4 is 10.6 Å². The monoisotopic (exact) mass is 337 g/mol. The van der Waals surface area contributed by atoms with Gasteiger partial charge in [0.15, 0.2) is 5.96 Å². The summed E-state index contributed by atoms with van der Waals surface area (Å²) in [6, 6.07) is 5.98. The first kappa shape index (κ1) is 14.4. The van der Waals surface area contributed by atoms with Crippen LogP contribution in [0.1, 0.15) is 18.7 Å². The normalized spacial score (nSPS) is 11.8. The second kappa shape index (κ2) is 6.42. The van der Waals surface area contributed by atoms with Crippen LogP contribution in [-0.4, -0.2) is 15.9 Å². The lowest BCUT2D eigenvalue weighted by molar-refractivity contribution is 0.561. The van der Waals surface area contributed by atoms with Crippen molar-refractivity contribution in [3.63, 3.8) is 0 Å². The first-order valence-corrected chi connectivity index (χ1v) is 6.69. The predicted octanol–water partition coefficient (Wildman–Crippen LogP) is 3.08. The van der Waals surface area contributed by atoms with E-state index in [1.165, 1.54) is 18.3 Å².